The molecule has 0 N–H and O–H groups in total. The first-order valence-corrected chi connectivity index (χ1v) is 13.9. The Morgan fingerprint density at radius 1 is 0.756 bits per heavy atom. The van der Waals surface area contributed by atoms with Gasteiger partial charge in [-0.25, -0.2) is 4.68 Å². The number of aromatic nitrogens is 2. The predicted molar refractivity (Wildman–Crippen MR) is 163 cm³/mol. The summed E-state index contributed by atoms with van der Waals surface area (Å²) in [6, 6.07) is 41.1. The van der Waals surface area contributed by atoms with Crippen molar-refractivity contribution in [1.29, 1.82) is 0 Å². The Labute approximate surface area is 241 Å². The van der Waals surface area contributed by atoms with E-state index in [2.05, 4.69) is 58.5 Å². The van der Waals surface area contributed by atoms with Gasteiger partial charge in [0.1, 0.15) is 11.3 Å². The summed E-state index contributed by atoms with van der Waals surface area (Å²) in [5.41, 5.74) is 3.77. The molecular weight excluding hydrogens is 510 g/mol. The molecule has 0 unspecified atom stereocenters. The summed E-state index contributed by atoms with van der Waals surface area (Å²) < 4.78 is 14.2. The SMILES string of the molecule is CCOc1c(N(CCOC(c2ccccc2)(c2ccccc2)c2ccccc2)Cc2ccccc2)cnn(C)c1=O. The van der Waals surface area contributed by atoms with Gasteiger partial charge in [0.05, 0.1) is 19.4 Å². The van der Waals surface area contributed by atoms with Gasteiger partial charge in [-0.2, -0.15) is 5.10 Å². The number of anilines is 1. The molecule has 0 radical (unpaired) electrons. The average Bonchev–Trinajstić information content (AvgIpc) is 3.03. The van der Waals surface area contributed by atoms with Crippen LogP contribution < -0.4 is 15.2 Å². The molecule has 0 aliphatic heterocycles. The van der Waals surface area contributed by atoms with E-state index >= 15 is 0 Å². The number of ether oxygens (including phenoxy) is 2. The van der Waals surface area contributed by atoms with Gasteiger partial charge in [0.15, 0.2) is 0 Å². The molecular formula is C35H35N3O3. The second kappa shape index (κ2) is 13.1. The van der Waals surface area contributed by atoms with Crippen LogP contribution in [0, 0.1) is 0 Å². The Hall–Kier alpha value is -4.68. The highest BCUT2D eigenvalue weighted by Gasteiger charge is 2.37. The topological polar surface area (TPSA) is 56.6 Å². The van der Waals surface area contributed by atoms with E-state index < -0.39 is 5.60 Å². The Balaban J connectivity index is 1.55. The minimum atomic E-state index is -0.837. The van der Waals surface area contributed by atoms with Crippen molar-refractivity contribution in [3.63, 3.8) is 0 Å². The van der Waals surface area contributed by atoms with Gasteiger partial charge in [0.25, 0.3) is 0 Å². The van der Waals surface area contributed by atoms with Gasteiger partial charge in [0, 0.05) is 20.1 Å². The molecule has 6 heteroatoms. The summed E-state index contributed by atoms with van der Waals surface area (Å²) in [6.45, 7) is 3.68. The third-order valence-corrected chi connectivity index (χ3v) is 7.14. The maximum atomic E-state index is 13.0. The number of benzene rings is 4. The molecule has 0 saturated heterocycles. The van der Waals surface area contributed by atoms with Gasteiger partial charge in [-0.15, -0.1) is 0 Å². The van der Waals surface area contributed by atoms with Crippen LogP contribution in [0.2, 0.25) is 0 Å². The molecule has 4 aromatic carbocycles. The van der Waals surface area contributed by atoms with Crippen LogP contribution in [0.25, 0.3) is 0 Å². The standard InChI is InChI=1S/C35H35N3O3/c1-3-40-33-32(26-36-37(2)34(33)39)38(27-28-16-8-4-9-17-28)24-25-41-35(29-18-10-5-11-19-29,30-20-12-6-13-21-30)31-22-14-7-15-23-31/h4-23,26H,3,24-25,27H2,1-2H3. The van der Waals surface area contributed by atoms with Crippen molar-refractivity contribution >= 4 is 5.69 Å². The minimum Gasteiger partial charge on any atom is -0.487 e. The highest BCUT2D eigenvalue weighted by molar-refractivity contribution is 5.56. The molecule has 0 aliphatic rings. The fraction of sp³-hybridized carbons (Fsp3) is 0.200. The lowest BCUT2D eigenvalue weighted by Gasteiger charge is -2.37. The summed E-state index contributed by atoms with van der Waals surface area (Å²) in [5.74, 6) is 0.293. The van der Waals surface area contributed by atoms with Crippen LogP contribution in [0.3, 0.4) is 0 Å². The second-order valence-corrected chi connectivity index (χ2v) is 9.76. The molecule has 5 aromatic rings. The van der Waals surface area contributed by atoms with Crippen molar-refractivity contribution in [3.05, 3.63) is 160 Å². The zero-order valence-corrected chi connectivity index (χ0v) is 23.5. The van der Waals surface area contributed by atoms with Gasteiger partial charge < -0.3 is 14.4 Å². The fourth-order valence-electron chi connectivity index (χ4n) is 5.18. The Bertz CT molecular complexity index is 1480. The molecule has 208 valence electrons. The van der Waals surface area contributed by atoms with E-state index in [0.29, 0.717) is 37.7 Å². The molecule has 0 fully saturated rings. The van der Waals surface area contributed by atoms with Crippen molar-refractivity contribution in [2.24, 2.45) is 7.05 Å². The quantitative estimate of drug-likeness (QED) is 0.175. The molecule has 6 nitrogen and oxygen atoms in total. The van der Waals surface area contributed by atoms with E-state index in [4.69, 9.17) is 9.47 Å². The first-order chi connectivity index (χ1) is 20.1. The van der Waals surface area contributed by atoms with Gasteiger partial charge in [-0.1, -0.05) is 121 Å². The summed E-state index contributed by atoms with van der Waals surface area (Å²) in [6.07, 6.45) is 1.70. The van der Waals surface area contributed by atoms with Crippen LogP contribution in [0.4, 0.5) is 5.69 Å². The minimum absolute atomic E-state index is 0.268. The van der Waals surface area contributed by atoms with Crippen molar-refractivity contribution in [2.45, 2.75) is 19.1 Å². The van der Waals surface area contributed by atoms with Gasteiger partial charge >= 0.3 is 5.56 Å². The fourth-order valence-corrected chi connectivity index (χ4v) is 5.18. The van der Waals surface area contributed by atoms with Crippen molar-refractivity contribution < 1.29 is 9.47 Å². The van der Waals surface area contributed by atoms with E-state index in [0.717, 1.165) is 22.3 Å². The van der Waals surface area contributed by atoms with Crippen LogP contribution in [-0.2, 0) is 23.9 Å². The molecule has 0 saturated carbocycles. The maximum Gasteiger partial charge on any atom is 0.310 e. The average molecular weight is 546 g/mol. The Kier molecular flexibility index (Phi) is 8.92. The van der Waals surface area contributed by atoms with Crippen molar-refractivity contribution in [1.82, 2.24) is 9.78 Å². The van der Waals surface area contributed by atoms with Crippen LogP contribution in [0.15, 0.2) is 132 Å². The summed E-state index contributed by atoms with van der Waals surface area (Å²) >= 11 is 0. The molecule has 0 amide bonds. The van der Waals surface area contributed by atoms with Crippen LogP contribution in [0.1, 0.15) is 29.2 Å². The van der Waals surface area contributed by atoms with E-state index in [-0.39, 0.29) is 5.56 Å². The summed E-state index contributed by atoms with van der Waals surface area (Å²) in [4.78, 5) is 15.2. The highest BCUT2D eigenvalue weighted by atomic mass is 16.5. The zero-order valence-electron chi connectivity index (χ0n) is 23.5. The lowest BCUT2D eigenvalue weighted by Crippen LogP contribution is -2.37. The van der Waals surface area contributed by atoms with Crippen molar-refractivity contribution in [2.75, 3.05) is 24.7 Å². The zero-order chi connectivity index (χ0) is 28.5. The number of aryl methyl sites for hydroxylation is 1. The third-order valence-electron chi connectivity index (χ3n) is 7.14. The van der Waals surface area contributed by atoms with Gasteiger partial charge in [-0.3, -0.25) is 4.79 Å². The predicted octanol–water partition coefficient (Wildman–Crippen LogP) is 6.19. The number of hydrogen-bond acceptors (Lipinski definition) is 5. The second-order valence-electron chi connectivity index (χ2n) is 9.76. The molecule has 0 atom stereocenters. The largest absolute Gasteiger partial charge is 0.487 e. The van der Waals surface area contributed by atoms with E-state index in [1.807, 2.05) is 79.7 Å². The Morgan fingerprint density at radius 3 is 1.73 bits per heavy atom. The number of hydrogen-bond donors (Lipinski definition) is 0. The molecule has 0 bridgehead atoms. The number of nitrogens with zero attached hydrogens (tertiary/aromatic N) is 3. The first-order valence-electron chi connectivity index (χ1n) is 13.9. The lowest BCUT2D eigenvalue weighted by molar-refractivity contribution is 0.0171. The van der Waals surface area contributed by atoms with Crippen LogP contribution in [-0.4, -0.2) is 29.5 Å². The normalized spacial score (nSPS) is 11.3. The molecule has 41 heavy (non-hydrogen) atoms. The monoisotopic (exact) mass is 545 g/mol. The van der Waals surface area contributed by atoms with E-state index in [1.165, 1.54) is 4.68 Å². The molecule has 1 aromatic heterocycles. The summed E-state index contributed by atoms with van der Waals surface area (Å²) in [5, 5.41) is 4.33. The smallest absolute Gasteiger partial charge is 0.310 e. The van der Waals surface area contributed by atoms with Gasteiger partial charge in [0.2, 0.25) is 5.75 Å². The molecule has 5 rings (SSSR count). The Morgan fingerprint density at radius 2 is 1.24 bits per heavy atom. The van der Waals surface area contributed by atoms with Crippen LogP contribution >= 0.6 is 0 Å². The first kappa shape index (κ1) is 27.9. The van der Waals surface area contributed by atoms with Gasteiger partial charge in [-0.05, 0) is 29.2 Å². The molecule has 0 spiro atoms. The van der Waals surface area contributed by atoms with Crippen LogP contribution in [0.5, 0.6) is 5.75 Å². The van der Waals surface area contributed by atoms with Crippen molar-refractivity contribution in [3.8, 4) is 5.75 Å². The highest BCUT2D eigenvalue weighted by Crippen LogP contribution is 2.40. The molecule has 1 heterocycles. The number of rotatable bonds is 12. The summed E-state index contributed by atoms with van der Waals surface area (Å²) in [7, 11) is 1.63. The van der Waals surface area contributed by atoms with E-state index in [1.54, 1.807) is 13.2 Å². The van der Waals surface area contributed by atoms with E-state index in [9.17, 15) is 4.79 Å². The molecule has 0 aliphatic carbocycles. The maximum absolute atomic E-state index is 13.0. The lowest BCUT2D eigenvalue weighted by atomic mass is 9.80. The third kappa shape index (κ3) is 6.08.